The highest BCUT2D eigenvalue weighted by molar-refractivity contribution is 6.23. The lowest BCUT2D eigenvalue weighted by Gasteiger charge is -2.38. The van der Waals surface area contributed by atoms with Crippen LogP contribution < -0.4 is 10.1 Å². The van der Waals surface area contributed by atoms with Gasteiger partial charge in [0, 0.05) is 31.9 Å². The Morgan fingerprint density at radius 3 is 2.57 bits per heavy atom. The van der Waals surface area contributed by atoms with Crippen molar-refractivity contribution in [3.63, 3.8) is 0 Å². The molecule has 1 unspecified atom stereocenters. The summed E-state index contributed by atoms with van der Waals surface area (Å²) in [5.74, 6) is -1.07. The fraction of sp³-hybridized carbons (Fsp3) is 0.500. The predicted molar refractivity (Wildman–Crippen MR) is 106 cm³/mol. The number of hydrogen-bond donors (Lipinski definition) is 1. The van der Waals surface area contributed by atoms with Crippen LogP contribution >= 0.6 is 11.6 Å². The number of likely N-dealkylation sites (tertiary alicyclic amines) is 1. The molecule has 3 heterocycles. The summed E-state index contributed by atoms with van der Waals surface area (Å²) in [6, 6.07) is 3.66. The van der Waals surface area contributed by atoms with Gasteiger partial charge in [-0.15, -0.1) is 11.6 Å². The fourth-order valence-corrected chi connectivity index (χ4v) is 4.08. The molecule has 30 heavy (non-hydrogen) atoms. The van der Waals surface area contributed by atoms with Gasteiger partial charge in [0.15, 0.2) is 0 Å². The molecule has 0 aliphatic carbocycles. The molecule has 2 saturated heterocycles. The number of alkyl halides is 1. The number of hydrogen-bond acceptors (Lipinski definition) is 7. The van der Waals surface area contributed by atoms with Crippen molar-refractivity contribution in [3.05, 3.63) is 29.3 Å². The third kappa shape index (κ3) is 4.05. The summed E-state index contributed by atoms with van der Waals surface area (Å²) in [5, 5.41) is 2.18. The minimum atomic E-state index is -0.978. The normalized spacial score (nSPS) is 22.2. The van der Waals surface area contributed by atoms with Gasteiger partial charge in [-0.25, -0.2) is 0 Å². The zero-order valence-corrected chi connectivity index (χ0v) is 17.0. The maximum absolute atomic E-state index is 12.8. The van der Waals surface area contributed by atoms with E-state index < -0.39 is 29.7 Å². The standard InChI is InChI=1S/C20H22ClN3O6/c21-5-6-23-10-13(11-23)30-8-7-29-12-1-2-14-15(9-12)20(28)24(19(14)27)16-3-4-17(25)22-18(16)26/h1-2,9,13,16H,3-8,10-11H2,(H,22,25,26). The first-order chi connectivity index (χ1) is 14.5. The first-order valence-electron chi connectivity index (χ1n) is 9.86. The van der Waals surface area contributed by atoms with Crippen molar-refractivity contribution >= 4 is 35.2 Å². The number of imide groups is 2. The Morgan fingerprint density at radius 1 is 1.07 bits per heavy atom. The van der Waals surface area contributed by atoms with E-state index in [9.17, 15) is 19.2 Å². The van der Waals surface area contributed by atoms with Crippen LogP contribution in [0.3, 0.4) is 0 Å². The lowest BCUT2D eigenvalue weighted by Crippen LogP contribution is -2.54. The van der Waals surface area contributed by atoms with Crippen LogP contribution in [0.15, 0.2) is 18.2 Å². The first kappa shape index (κ1) is 20.8. The van der Waals surface area contributed by atoms with E-state index in [1.165, 1.54) is 12.1 Å². The molecule has 3 aliphatic rings. The molecule has 0 bridgehead atoms. The molecule has 1 aromatic carbocycles. The second-order valence-corrected chi connectivity index (χ2v) is 7.82. The highest BCUT2D eigenvalue weighted by Crippen LogP contribution is 2.30. The molecular weight excluding hydrogens is 414 g/mol. The van der Waals surface area contributed by atoms with E-state index in [1.807, 2.05) is 0 Å². The Morgan fingerprint density at radius 2 is 1.83 bits per heavy atom. The molecule has 0 aromatic heterocycles. The molecule has 10 heteroatoms. The molecule has 0 saturated carbocycles. The topological polar surface area (TPSA) is 105 Å². The average Bonchev–Trinajstić information content (AvgIpc) is 2.93. The number of nitrogens with one attached hydrogen (secondary N) is 1. The first-order valence-corrected chi connectivity index (χ1v) is 10.4. The average molecular weight is 436 g/mol. The molecular formula is C20H22ClN3O6. The zero-order valence-electron chi connectivity index (χ0n) is 16.3. The minimum Gasteiger partial charge on any atom is -0.491 e. The van der Waals surface area contributed by atoms with Gasteiger partial charge in [-0.3, -0.25) is 34.3 Å². The number of carbonyl (C=O) groups excluding carboxylic acids is 4. The van der Waals surface area contributed by atoms with Gasteiger partial charge in [0.25, 0.3) is 11.8 Å². The molecule has 0 spiro atoms. The van der Waals surface area contributed by atoms with E-state index in [0.29, 0.717) is 24.8 Å². The van der Waals surface area contributed by atoms with Crippen LogP contribution in [0, 0.1) is 0 Å². The van der Waals surface area contributed by atoms with Crippen molar-refractivity contribution in [2.45, 2.75) is 25.0 Å². The monoisotopic (exact) mass is 435 g/mol. The van der Waals surface area contributed by atoms with E-state index in [0.717, 1.165) is 24.5 Å². The lowest BCUT2D eigenvalue weighted by molar-refractivity contribution is -0.136. The summed E-state index contributed by atoms with van der Waals surface area (Å²) >= 11 is 5.69. The molecule has 1 aromatic rings. The van der Waals surface area contributed by atoms with E-state index >= 15 is 0 Å². The largest absolute Gasteiger partial charge is 0.491 e. The van der Waals surface area contributed by atoms with Gasteiger partial charge in [0.2, 0.25) is 11.8 Å². The zero-order chi connectivity index (χ0) is 21.3. The molecule has 4 amide bonds. The fourth-order valence-electron chi connectivity index (χ4n) is 3.84. The summed E-state index contributed by atoms with van der Waals surface area (Å²) in [6.45, 7) is 3.29. The van der Waals surface area contributed by atoms with Crippen molar-refractivity contribution in [2.24, 2.45) is 0 Å². The van der Waals surface area contributed by atoms with Crippen molar-refractivity contribution in [1.82, 2.24) is 15.1 Å². The predicted octanol–water partition coefficient (Wildman–Crippen LogP) is 0.406. The Bertz CT molecular complexity index is 885. The highest BCUT2D eigenvalue weighted by Gasteiger charge is 2.44. The third-order valence-electron chi connectivity index (χ3n) is 5.44. The number of amides is 4. The third-order valence-corrected chi connectivity index (χ3v) is 5.61. The summed E-state index contributed by atoms with van der Waals surface area (Å²) < 4.78 is 11.4. The molecule has 2 fully saturated rings. The molecule has 3 aliphatic heterocycles. The molecule has 1 atom stereocenters. The highest BCUT2D eigenvalue weighted by atomic mass is 35.5. The maximum atomic E-state index is 12.8. The van der Waals surface area contributed by atoms with Crippen LogP contribution in [0.4, 0.5) is 0 Å². The number of ether oxygens (including phenoxy) is 2. The summed E-state index contributed by atoms with van der Waals surface area (Å²) in [5.41, 5.74) is 0.418. The Hall–Kier alpha value is -2.49. The van der Waals surface area contributed by atoms with Crippen molar-refractivity contribution in [3.8, 4) is 5.75 Å². The van der Waals surface area contributed by atoms with Crippen LogP contribution in [0.1, 0.15) is 33.6 Å². The molecule has 4 rings (SSSR count). The van der Waals surface area contributed by atoms with Crippen LogP contribution in [0.5, 0.6) is 5.75 Å². The van der Waals surface area contributed by atoms with E-state index in [4.69, 9.17) is 21.1 Å². The Kier molecular flexibility index (Phi) is 6.03. The minimum absolute atomic E-state index is 0.0861. The number of rotatable bonds is 8. The van der Waals surface area contributed by atoms with Gasteiger partial charge in [-0.05, 0) is 24.6 Å². The van der Waals surface area contributed by atoms with Crippen LogP contribution in [0.25, 0.3) is 0 Å². The van der Waals surface area contributed by atoms with Crippen molar-refractivity contribution in [1.29, 1.82) is 0 Å². The Labute approximate surface area is 178 Å². The van der Waals surface area contributed by atoms with Gasteiger partial charge >= 0.3 is 0 Å². The SMILES string of the molecule is O=C1CCC(N2C(=O)c3ccc(OCCOC4CN(CCCl)C4)cc3C2=O)C(=O)N1. The molecule has 9 nitrogen and oxygen atoms in total. The lowest BCUT2D eigenvalue weighted by atomic mass is 10.0. The summed E-state index contributed by atoms with van der Waals surface area (Å²) in [7, 11) is 0. The summed E-state index contributed by atoms with van der Waals surface area (Å²) in [6.07, 6.45) is 0.390. The van der Waals surface area contributed by atoms with Crippen LogP contribution in [-0.2, 0) is 14.3 Å². The van der Waals surface area contributed by atoms with Gasteiger partial charge in [-0.2, -0.15) is 0 Å². The number of nitrogens with zero attached hydrogens (tertiary/aromatic N) is 2. The van der Waals surface area contributed by atoms with Crippen LogP contribution in [-0.4, -0.2) is 84.3 Å². The second kappa shape index (κ2) is 8.71. The molecule has 0 radical (unpaired) electrons. The maximum Gasteiger partial charge on any atom is 0.262 e. The smallest absolute Gasteiger partial charge is 0.262 e. The van der Waals surface area contributed by atoms with Gasteiger partial charge < -0.3 is 9.47 Å². The number of benzene rings is 1. The van der Waals surface area contributed by atoms with Crippen LogP contribution in [0.2, 0.25) is 0 Å². The second-order valence-electron chi connectivity index (χ2n) is 7.44. The number of piperidine rings is 1. The van der Waals surface area contributed by atoms with Gasteiger partial charge in [0.05, 0.1) is 23.8 Å². The quantitative estimate of drug-likeness (QED) is 0.358. The van der Waals surface area contributed by atoms with Crippen molar-refractivity contribution in [2.75, 3.05) is 38.7 Å². The number of carbonyl (C=O) groups is 4. The van der Waals surface area contributed by atoms with E-state index in [1.54, 1.807) is 6.07 Å². The summed E-state index contributed by atoms with van der Waals surface area (Å²) in [4.78, 5) is 52.0. The van der Waals surface area contributed by atoms with Crippen molar-refractivity contribution < 1.29 is 28.7 Å². The van der Waals surface area contributed by atoms with E-state index in [-0.39, 0.29) is 30.1 Å². The van der Waals surface area contributed by atoms with E-state index in [2.05, 4.69) is 10.2 Å². The van der Waals surface area contributed by atoms with Gasteiger partial charge in [-0.1, -0.05) is 0 Å². The Balaban J connectivity index is 1.32. The number of halogens is 1. The molecule has 160 valence electrons. The molecule has 1 N–H and O–H groups in total. The number of fused-ring (bicyclic) bond motifs is 1. The van der Waals surface area contributed by atoms with Gasteiger partial charge in [0.1, 0.15) is 18.4 Å².